The number of unbranched alkanes of at least 4 members (excludes halogenated alkanes) is 3. The smallest absolute Gasteiger partial charge is 0.326 e. The zero-order valence-electron chi connectivity index (χ0n) is 46.7. The molecule has 0 saturated carbocycles. The lowest BCUT2D eigenvalue weighted by Crippen LogP contribution is -2.59. The van der Waals surface area contributed by atoms with E-state index < -0.39 is 121 Å². The van der Waals surface area contributed by atoms with E-state index >= 15 is 0 Å². The molecule has 1 aromatic rings. The largest absolute Gasteiger partial charge is 0.480 e. The maximum Gasteiger partial charge on any atom is 0.326 e. The first-order valence-electron chi connectivity index (χ1n) is 28.2. The normalized spacial score (nSPS) is 20.8. The van der Waals surface area contributed by atoms with Crippen molar-refractivity contribution in [1.82, 2.24) is 45.6 Å². The Balaban J connectivity index is 1.19. The van der Waals surface area contributed by atoms with E-state index in [9.17, 15) is 63.0 Å². The van der Waals surface area contributed by atoms with Crippen LogP contribution in [0.5, 0.6) is 0 Å². The summed E-state index contributed by atoms with van der Waals surface area (Å²) in [4.78, 5) is 157. The zero-order chi connectivity index (χ0) is 59.3. The minimum Gasteiger partial charge on any atom is -0.480 e. The Hall–Kier alpha value is -6.87. The number of hydrogen-bond acceptors (Lipinski definition) is 15. The van der Waals surface area contributed by atoms with Gasteiger partial charge < -0.3 is 68.7 Å². The van der Waals surface area contributed by atoms with Crippen LogP contribution in [0.25, 0.3) is 0 Å². The molecule has 0 aromatic heterocycles. The van der Waals surface area contributed by atoms with Crippen LogP contribution in [0.4, 0.5) is 0 Å². The number of carbonyl (C=O) groups excluding carboxylic acids is 10. The van der Waals surface area contributed by atoms with E-state index in [1.54, 1.807) is 44.2 Å². The lowest BCUT2D eigenvalue weighted by Gasteiger charge is -2.33. The highest BCUT2D eigenvalue weighted by atomic mass is 32.2. The third-order valence-corrected chi connectivity index (χ3v) is 16.0. The van der Waals surface area contributed by atoms with Gasteiger partial charge in [-0.3, -0.25) is 52.9 Å². The van der Waals surface area contributed by atoms with Gasteiger partial charge in [0.2, 0.25) is 59.1 Å². The molecule has 4 aliphatic rings. The first-order valence-corrected chi connectivity index (χ1v) is 29.2. The summed E-state index contributed by atoms with van der Waals surface area (Å²) in [6, 6.07) is -0.951. The van der Waals surface area contributed by atoms with Crippen molar-refractivity contribution in [2.24, 2.45) is 34.0 Å². The van der Waals surface area contributed by atoms with Crippen LogP contribution in [0.15, 0.2) is 35.3 Å². The Morgan fingerprint density at radius 1 is 0.741 bits per heavy atom. The minimum atomic E-state index is -1.54. The number of carbonyl (C=O) groups is 11. The molecule has 0 bridgehead atoms. The topological polar surface area (TPSA) is 392 Å². The maximum atomic E-state index is 14.4. The fraction of sp³-hybridized carbons (Fsp3) is 0.667. The number of guanidine groups is 1. The number of likely N-dealkylation sites (tertiary alicyclic amines) is 3. The van der Waals surface area contributed by atoms with E-state index in [-0.39, 0.29) is 107 Å². The number of carboxylic acid groups (broad SMARTS) is 1. The Morgan fingerprint density at radius 2 is 1.36 bits per heavy atom. The molecule has 4 saturated heterocycles. The molecule has 26 nitrogen and oxygen atoms in total. The van der Waals surface area contributed by atoms with E-state index in [1.807, 2.05) is 0 Å². The number of aliphatic hydroxyl groups excluding tert-OH is 1. The summed E-state index contributed by atoms with van der Waals surface area (Å²) in [6.45, 7) is 4.76. The number of nitrogens with two attached hydrogens (primary N) is 3. The fourth-order valence-corrected chi connectivity index (χ4v) is 11.6. The van der Waals surface area contributed by atoms with E-state index in [0.717, 1.165) is 41.9 Å². The van der Waals surface area contributed by atoms with E-state index in [2.05, 4.69) is 38.5 Å². The van der Waals surface area contributed by atoms with Crippen LogP contribution in [-0.4, -0.2) is 194 Å². The van der Waals surface area contributed by atoms with Gasteiger partial charge in [-0.1, -0.05) is 76.8 Å². The molecule has 448 valence electrons. The highest BCUT2D eigenvalue weighted by molar-refractivity contribution is 7.98. The van der Waals surface area contributed by atoms with Crippen LogP contribution in [0, 0.1) is 11.8 Å². The van der Waals surface area contributed by atoms with Crippen molar-refractivity contribution in [2.45, 2.75) is 172 Å². The van der Waals surface area contributed by atoms with Crippen molar-refractivity contribution in [3.8, 4) is 0 Å². The van der Waals surface area contributed by atoms with Gasteiger partial charge in [-0.25, -0.2) is 9.10 Å². The lowest BCUT2D eigenvalue weighted by molar-refractivity contribution is -0.148. The van der Waals surface area contributed by atoms with E-state index in [4.69, 9.17) is 17.2 Å². The molecule has 9 atom stereocenters. The summed E-state index contributed by atoms with van der Waals surface area (Å²) >= 11 is 0.856. The van der Waals surface area contributed by atoms with Gasteiger partial charge in [0.15, 0.2) is 5.96 Å². The molecule has 13 N–H and O–H groups in total. The fourth-order valence-electron chi connectivity index (χ4n) is 10.6. The number of amides is 10. The Morgan fingerprint density at radius 3 is 1.99 bits per heavy atom. The Kier molecular flexibility index (Phi) is 25.6. The van der Waals surface area contributed by atoms with E-state index in [1.165, 1.54) is 14.7 Å². The quantitative estimate of drug-likeness (QED) is 0.0137. The van der Waals surface area contributed by atoms with E-state index in [0.29, 0.717) is 31.2 Å². The number of carboxylic acids is 1. The number of aliphatic carboxylic acids is 1. The van der Waals surface area contributed by atoms with Gasteiger partial charge in [0.05, 0.1) is 19.2 Å². The molecular weight excluding hydrogens is 1070 g/mol. The molecule has 27 heteroatoms. The monoisotopic (exact) mass is 1150 g/mol. The summed E-state index contributed by atoms with van der Waals surface area (Å²) in [6.07, 6.45) is 6.92. The summed E-state index contributed by atoms with van der Waals surface area (Å²) in [5.74, 6) is -8.26. The molecule has 81 heavy (non-hydrogen) atoms. The summed E-state index contributed by atoms with van der Waals surface area (Å²) in [7, 11) is 0. The molecule has 10 amide bonds. The second-order valence-corrected chi connectivity index (χ2v) is 22.5. The maximum absolute atomic E-state index is 14.4. The van der Waals surface area contributed by atoms with Crippen molar-refractivity contribution in [1.29, 1.82) is 0 Å². The van der Waals surface area contributed by atoms with Crippen molar-refractivity contribution in [3.63, 3.8) is 0 Å². The molecular formula is C54H83N13O13S. The highest BCUT2D eigenvalue weighted by Crippen LogP contribution is 2.31. The second kappa shape index (κ2) is 31.9. The highest BCUT2D eigenvalue weighted by Gasteiger charge is 2.45. The van der Waals surface area contributed by atoms with Crippen LogP contribution >= 0.6 is 11.9 Å². The first-order chi connectivity index (χ1) is 38.6. The number of imide groups is 1. The molecule has 1 aromatic carbocycles. The Bertz CT molecular complexity index is 2430. The molecule has 0 aliphatic carbocycles. The van der Waals surface area contributed by atoms with Crippen LogP contribution in [0.1, 0.15) is 123 Å². The van der Waals surface area contributed by atoms with Crippen molar-refractivity contribution in [3.05, 3.63) is 35.9 Å². The third-order valence-electron chi connectivity index (χ3n) is 14.9. The number of nitrogens with zero attached hydrogens (tertiary/aromatic N) is 5. The summed E-state index contributed by atoms with van der Waals surface area (Å²) in [5.41, 5.74) is 17.9. The number of rotatable bonds is 31. The molecule has 0 spiro atoms. The Labute approximate surface area is 476 Å². The molecule has 0 radical (unpaired) electrons. The summed E-state index contributed by atoms with van der Waals surface area (Å²) < 4.78 is 1.07. The minimum absolute atomic E-state index is 0.0517. The van der Waals surface area contributed by atoms with Gasteiger partial charge in [0.25, 0.3) is 0 Å². The molecule has 4 fully saturated rings. The molecule has 4 aliphatic heterocycles. The van der Waals surface area contributed by atoms with Gasteiger partial charge in [-0.05, 0) is 87.6 Å². The average Bonchev–Trinajstić information content (AvgIpc) is 4.49. The van der Waals surface area contributed by atoms with Gasteiger partial charge in [-0.2, -0.15) is 0 Å². The van der Waals surface area contributed by atoms with Crippen molar-refractivity contribution in [2.75, 3.05) is 45.1 Å². The number of aliphatic hydroxyl groups is 1. The predicted molar refractivity (Wildman–Crippen MR) is 298 cm³/mol. The summed E-state index contributed by atoms with van der Waals surface area (Å²) in [5, 5.41) is 33.0. The van der Waals surface area contributed by atoms with Crippen molar-refractivity contribution < 1.29 is 63.0 Å². The second-order valence-electron chi connectivity index (χ2n) is 21.6. The van der Waals surface area contributed by atoms with Crippen LogP contribution in [0.2, 0.25) is 0 Å². The van der Waals surface area contributed by atoms with Crippen LogP contribution < -0.4 is 43.8 Å². The molecule has 5 rings (SSSR count). The van der Waals surface area contributed by atoms with Gasteiger partial charge in [0.1, 0.15) is 42.3 Å². The molecule has 1 unspecified atom stereocenters. The van der Waals surface area contributed by atoms with Gasteiger partial charge >= 0.3 is 5.97 Å². The number of benzene rings is 1. The number of aliphatic imine (C=N–C) groups is 1. The molecule has 4 heterocycles. The first kappa shape index (κ1) is 64.9. The standard InChI is InChI=1S/C54H83N13O13S/c1-4-5-6-10-17-34-28-44(70)67(49(34)75)81-31-35(55)45(71)61-36(18-11-22-58-54(56)57)50(76)66-25-14-21-42(66)52(78)65-24-12-19-40(65)47(73)59-29-43(69)60-37(27-33-15-8-7-9-16-33)46(72)63-39(30-68)51(77)64-23-13-20-41(64)48(74)62-38(53(79)80)26-32(2)3/h7-9,15-16,32,34-42,68H,4-6,10-14,17-31,55H2,1-3H3,(H,59,73)(H,60,69)(H,61,71)(H,62,74)(H,63,72)(H,79,80)(H4,56,57,58)/t34?,35-,36-,37-,38-,39-,40-,41-,42-/m0/s1. The SMILES string of the molecule is CCCCCCC1CC(=O)N(SC[C@H](N)C(=O)N[C@@H](CCCN=C(N)N)C(=O)N2CCC[C@H]2C(=O)N2CCC[C@H]2C(=O)NCC(=O)N[C@@H](Cc2ccccc2)C(=O)N[C@@H](CO)C(=O)N2CCC[C@H]2C(=O)N[C@@H](CC(C)C)C(=O)O)C1=O. The van der Waals surface area contributed by atoms with Crippen molar-refractivity contribution >= 4 is 82.9 Å². The predicted octanol–water partition coefficient (Wildman–Crippen LogP) is -1.24. The lowest BCUT2D eigenvalue weighted by atomic mass is 9.99. The average molecular weight is 1150 g/mol. The zero-order valence-corrected chi connectivity index (χ0v) is 47.5. The number of hydrogen-bond donors (Lipinski definition) is 10. The number of nitrogens with one attached hydrogen (secondary N) is 5. The van der Waals surface area contributed by atoms with Crippen LogP contribution in [0.3, 0.4) is 0 Å². The van der Waals surface area contributed by atoms with Gasteiger partial charge in [0, 0.05) is 50.7 Å². The third kappa shape index (κ3) is 18.8. The van der Waals surface area contributed by atoms with Crippen LogP contribution in [-0.2, 0) is 59.2 Å². The van der Waals surface area contributed by atoms with Gasteiger partial charge in [-0.15, -0.1) is 0 Å².